The van der Waals surface area contributed by atoms with E-state index in [0.717, 1.165) is 25.7 Å². The van der Waals surface area contributed by atoms with Gasteiger partial charge in [-0.15, -0.1) is 0 Å². The number of pyridine rings is 1. The summed E-state index contributed by atoms with van der Waals surface area (Å²) in [5, 5.41) is 6.42. The highest BCUT2D eigenvalue weighted by Crippen LogP contribution is 2.36. The number of halogens is 1. The Morgan fingerprint density at radius 3 is 2.41 bits per heavy atom. The second-order valence-corrected chi connectivity index (χ2v) is 9.93. The summed E-state index contributed by atoms with van der Waals surface area (Å²) in [6, 6.07) is 18.4. The summed E-state index contributed by atoms with van der Waals surface area (Å²) in [6.07, 6.45) is 6.01. The quantitative estimate of drug-likeness (QED) is 0.321. The number of nitrogens with zero attached hydrogens (tertiary/aromatic N) is 2. The lowest BCUT2D eigenvalue weighted by atomic mass is 10.0. The van der Waals surface area contributed by atoms with Crippen molar-refractivity contribution in [3.8, 4) is 5.75 Å². The largest absolute Gasteiger partial charge is 0.495 e. The lowest BCUT2D eigenvalue weighted by Crippen LogP contribution is -2.46. The summed E-state index contributed by atoms with van der Waals surface area (Å²) in [6.45, 7) is 0. The third-order valence-electron chi connectivity index (χ3n) is 6.73. The molecule has 0 spiro atoms. The summed E-state index contributed by atoms with van der Waals surface area (Å²) in [5.41, 5.74) is 1.10. The van der Waals surface area contributed by atoms with Crippen LogP contribution in [0.2, 0.25) is 5.02 Å². The van der Waals surface area contributed by atoms with Gasteiger partial charge in [-0.05, 0) is 61.2 Å². The normalized spacial score (nSPS) is 13.9. The van der Waals surface area contributed by atoms with Crippen LogP contribution < -0.4 is 20.3 Å². The molecule has 8 nitrogen and oxygen atoms in total. The Kier molecular flexibility index (Phi) is 9.91. The van der Waals surface area contributed by atoms with E-state index in [1.165, 1.54) is 12.0 Å². The van der Waals surface area contributed by atoms with Gasteiger partial charge >= 0.3 is 0 Å². The van der Waals surface area contributed by atoms with Crippen LogP contribution in [0.4, 0.5) is 11.5 Å². The number of nitrogens with one attached hydrogen (secondary N) is 2. The minimum Gasteiger partial charge on any atom is -0.495 e. The van der Waals surface area contributed by atoms with E-state index < -0.39 is 6.04 Å². The summed E-state index contributed by atoms with van der Waals surface area (Å²) < 4.78 is 5.59. The zero-order valence-corrected chi connectivity index (χ0v) is 22.7. The molecule has 1 saturated carbocycles. The van der Waals surface area contributed by atoms with E-state index in [9.17, 15) is 14.4 Å². The zero-order chi connectivity index (χ0) is 27.6. The molecule has 9 heteroatoms. The van der Waals surface area contributed by atoms with E-state index in [1.807, 2.05) is 6.07 Å². The van der Waals surface area contributed by atoms with Gasteiger partial charge in [-0.3, -0.25) is 19.3 Å². The number of rotatable bonds is 11. The first-order chi connectivity index (χ1) is 19.0. The lowest BCUT2D eigenvalue weighted by Gasteiger charge is -2.33. The molecule has 1 aliphatic carbocycles. The maximum atomic E-state index is 13.9. The van der Waals surface area contributed by atoms with Gasteiger partial charge in [-0.1, -0.05) is 54.8 Å². The number of aromatic nitrogens is 1. The number of hydrogen-bond donors (Lipinski definition) is 2. The summed E-state index contributed by atoms with van der Waals surface area (Å²) >= 11 is 6.15. The van der Waals surface area contributed by atoms with Gasteiger partial charge in [0.1, 0.15) is 17.6 Å². The number of carbonyl (C=O) groups is 3. The Morgan fingerprint density at radius 1 is 1.00 bits per heavy atom. The van der Waals surface area contributed by atoms with E-state index in [4.69, 9.17) is 16.3 Å². The number of ether oxygens (including phenoxy) is 1. The molecular formula is C30H33ClN4O4. The first-order valence-corrected chi connectivity index (χ1v) is 13.6. The topological polar surface area (TPSA) is 101 Å². The molecule has 1 heterocycles. The van der Waals surface area contributed by atoms with Crippen molar-refractivity contribution < 1.29 is 19.1 Å². The Bertz CT molecular complexity index is 1260. The first-order valence-electron chi connectivity index (χ1n) is 13.2. The molecule has 0 unspecified atom stereocenters. The minimum absolute atomic E-state index is 0.0501. The average molecular weight is 549 g/mol. The Labute approximate surface area is 233 Å². The molecule has 3 amide bonds. The Hall–Kier alpha value is -3.91. The van der Waals surface area contributed by atoms with Crippen molar-refractivity contribution in [2.75, 3.05) is 17.3 Å². The smallest absolute Gasteiger partial charge is 0.248 e. The molecule has 2 N–H and O–H groups in total. The number of anilines is 2. The molecule has 1 aromatic heterocycles. The molecule has 3 aromatic rings. The van der Waals surface area contributed by atoms with Gasteiger partial charge in [0.25, 0.3) is 0 Å². The molecule has 1 atom stereocenters. The Balaban J connectivity index is 1.60. The summed E-state index contributed by atoms with van der Waals surface area (Å²) in [7, 11) is 1.53. The van der Waals surface area contributed by atoms with Gasteiger partial charge in [-0.25, -0.2) is 4.98 Å². The highest BCUT2D eigenvalue weighted by Gasteiger charge is 2.35. The summed E-state index contributed by atoms with van der Waals surface area (Å²) in [5.74, 6) is 0.115. The molecule has 4 rings (SSSR count). The van der Waals surface area contributed by atoms with Crippen LogP contribution in [0.25, 0.3) is 0 Å². The fraction of sp³-hybridized carbons (Fsp3) is 0.333. The zero-order valence-electron chi connectivity index (χ0n) is 21.9. The van der Waals surface area contributed by atoms with Crippen LogP contribution in [0.3, 0.4) is 0 Å². The highest BCUT2D eigenvalue weighted by molar-refractivity contribution is 6.30. The number of carbonyl (C=O) groups excluding carboxylic acids is 3. The van der Waals surface area contributed by atoms with Gasteiger partial charge < -0.3 is 15.4 Å². The van der Waals surface area contributed by atoms with E-state index >= 15 is 0 Å². The van der Waals surface area contributed by atoms with E-state index in [-0.39, 0.29) is 36.6 Å². The van der Waals surface area contributed by atoms with Crippen molar-refractivity contribution in [1.29, 1.82) is 0 Å². The standard InChI is InChI=1S/C30H33ClN4O4/c1-39-25-12-5-4-11-24(25)35(28(37)15-8-14-27(36)34-26-13-6-7-20-32-26)29(21-16-18-22(31)19-17-21)30(38)33-23-9-2-3-10-23/h4-7,11-13,16-20,23,29H,2-3,8-10,14-15H2,1H3,(H,33,38)(H,32,34,36)/t29-/m0/s1. The number of hydrogen-bond acceptors (Lipinski definition) is 5. The molecule has 1 fully saturated rings. The van der Waals surface area contributed by atoms with Crippen molar-refractivity contribution in [2.24, 2.45) is 0 Å². The molecular weight excluding hydrogens is 516 g/mol. The highest BCUT2D eigenvalue weighted by atomic mass is 35.5. The van der Waals surface area contributed by atoms with Gasteiger partial charge in [0.05, 0.1) is 12.8 Å². The molecule has 204 valence electrons. The molecule has 39 heavy (non-hydrogen) atoms. The molecule has 0 radical (unpaired) electrons. The van der Waals surface area contributed by atoms with Crippen LogP contribution in [0.1, 0.15) is 56.6 Å². The average Bonchev–Trinajstić information content (AvgIpc) is 3.46. The van der Waals surface area contributed by atoms with Crippen LogP contribution in [0.5, 0.6) is 5.75 Å². The van der Waals surface area contributed by atoms with Crippen LogP contribution in [-0.4, -0.2) is 35.9 Å². The number of benzene rings is 2. The molecule has 0 saturated heterocycles. The van der Waals surface area contributed by atoms with Gasteiger partial charge in [0.2, 0.25) is 17.7 Å². The molecule has 0 bridgehead atoms. The van der Waals surface area contributed by atoms with E-state index in [1.54, 1.807) is 66.9 Å². The first kappa shape index (κ1) is 28.1. The van der Waals surface area contributed by atoms with Crippen LogP contribution in [-0.2, 0) is 14.4 Å². The van der Waals surface area contributed by atoms with Crippen molar-refractivity contribution in [1.82, 2.24) is 10.3 Å². The molecule has 2 aromatic carbocycles. The maximum absolute atomic E-state index is 13.9. The summed E-state index contributed by atoms with van der Waals surface area (Å²) in [4.78, 5) is 45.8. The molecule has 1 aliphatic rings. The second-order valence-electron chi connectivity index (χ2n) is 9.50. The number of methoxy groups -OCH3 is 1. The predicted molar refractivity (Wildman–Crippen MR) is 152 cm³/mol. The third kappa shape index (κ3) is 7.57. The third-order valence-corrected chi connectivity index (χ3v) is 6.99. The monoisotopic (exact) mass is 548 g/mol. The predicted octanol–water partition coefficient (Wildman–Crippen LogP) is 5.69. The Morgan fingerprint density at radius 2 is 1.72 bits per heavy atom. The minimum atomic E-state index is -0.950. The van der Waals surface area contributed by atoms with Crippen LogP contribution in [0, 0.1) is 0 Å². The fourth-order valence-electron chi connectivity index (χ4n) is 4.82. The fourth-order valence-corrected chi connectivity index (χ4v) is 4.95. The van der Waals surface area contributed by atoms with Crippen LogP contribution >= 0.6 is 11.6 Å². The van der Waals surface area contributed by atoms with Gasteiger partial charge in [0, 0.05) is 30.1 Å². The van der Waals surface area contributed by atoms with Crippen LogP contribution in [0.15, 0.2) is 72.9 Å². The lowest BCUT2D eigenvalue weighted by molar-refractivity contribution is -0.127. The molecule has 0 aliphatic heterocycles. The van der Waals surface area contributed by atoms with Crippen molar-refractivity contribution >= 4 is 40.8 Å². The van der Waals surface area contributed by atoms with Crippen molar-refractivity contribution in [3.63, 3.8) is 0 Å². The number of para-hydroxylation sites is 2. The maximum Gasteiger partial charge on any atom is 0.248 e. The second kappa shape index (κ2) is 13.8. The van der Waals surface area contributed by atoms with Crippen molar-refractivity contribution in [3.05, 3.63) is 83.5 Å². The van der Waals surface area contributed by atoms with Crippen molar-refractivity contribution in [2.45, 2.75) is 57.0 Å². The van der Waals surface area contributed by atoms with E-state index in [2.05, 4.69) is 15.6 Å². The van der Waals surface area contributed by atoms with E-state index in [0.29, 0.717) is 34.3 Å². The SMILES string of the molecule is COc1ccccc1N(C(=O)CCCC(=O)Nc1ccccn1)[C@H](C(=O)NC1CCCC1)c1ccc(Cl)cc1. The van der Waals surface area contributed by atoms with Gasteiger partial charge in [-0.2, -0.15) is 0 Å². The van der Waals surface area contributed by atoms with Gasteiger partial charge in [0.15, 0.2) is 0 Å². The number of amides is 3.